The fraction of sp³-hybridized carbons (Fsp3) is 0.571. The Morgan fingerprint density at radius 1 is 1.19 bits per heavy atom. The van der Waals surface area contributed by atoms with E-state index in [1.165, 1.54) is 6.42 Å². The van der Waals surface area contributed by atoms with Crippen molar-refractivity contribution in [1.82, 2.24) is 4.90 Å². The largest absolute Gasteiger partial charge is 0.379 e. The molecule has 1 aromatic rings. The van der Waals surface area contributed by atoms with E-state index >= 15 is 0 Å². The summed E-state index contributed by atoms with van der Waals surface area (Å²) < 4.78 is 5.43. The van der Waals surface area contributed by atoms with Gasteiger partial charge in [0, 0.05) is 19.1 Å². The van der Waals surface area contributed by atoms with Gasteiger partial charge in [0.05, 0.1) is 13.2 Å². The summed E-state index contributed by atoms with van der Waals surface area (Å²) in [5.74, 6) is 0.675. The van der Waals surface area contributed by atoms with Crippen molar-refractivity contribution < 1.29 is 4.74 Å². The number of hydrogen-bond acceptors (Lipinski definition) is 2. The van der Waals surface area contributed by atoms with Gasteiger partial charge in [0.15, 0.2) is 0 Å². The molecule has 0 aromatic heterocycles. The van der Waals surface area contributed by atoms with Crippen LogP contribution >= 0.6 is 0 Å². The second-order valence-electron chi connectivity index (χ2n) is 4.91. The highest BCUT2D eigenvalue weighted by atomic mass is 16.5. The molecule has 1 fully saturated rings. The standard InChI is InChI=1S/C14H19NO/c1-11-13-5-3-2-4-12(13)10-14(11)15-6-8-16-9-7-15/h2-5,11,14H,6-10H2,1H3/t11-,14+/m1/s1. The Bertz CT molecular complexity index is 371. The van der Waals surface area contributed by atoms with E-state index in [0.717, 1.165) is 26.3 Å². The van der Waals surface area contributed by atoms with Gasteiger partial charge in [-0.05, 0) is 23.5 Å². The van der Waals surface area contributed by atoms with Gasteiger partial charge in [-0.3, -0.25) is 4.90 Å². The lowest BCUT2D eigenvalue weighted by Gasteiger charge is -2.34. The van der Waals surface area contributed by atoms with E-state index in [2.05, 4.69) is 36.1 Å². The maximum Gasteiger partial charge on any atom is 0.0594 e. The molecule has 0 amide bonds. The van der Waals surface area contributed by atoms with E-state index in [-0.39, 0.29) is 0 Å². The lowest BCUT2D eigenvalue weighted by atomic mass is 9.99. The summed E-state index contributed by atoms with van der Waals surface area (Å²) in [6, 6.07) is 9.60. The first kappa shape index (κ1) is 10.3. The van der Waals surface area contributed by atoms with E-state index in [1.807, 2.05) is 0 Å². The zero-order valence-electron chi connectivity index (χ0n) is 9.86. The molecule has 0 unspecified atom stereocenters. The van der Waals surface area contributed by atoms with Crippen LogP contribution in [0, 0.1) is 0 Å². The normalized spacial score (nSPS) is 30.3. The molecule has 0 spiro atoms. The highest BCUT2D eigenvalue weighted by Crippen LogP contribution is 2.35. The highest BCUT2D eigenvalue weighted by Gasteiger charge is 2.33. The molecule has 0 bridgehead atoms. The van der Waals surface area contributed by atoms with Crippen LogP contribution in [0.4, 0.5) is 0 Å². The molecule has 2 nitrogen and oxygen atoms in total. The minimum absolute atomic E-state index is 0.675. The first-order valence-corrected chi connectivity index (χ1v) is 6.26. The number of rotatable bonds is 1. The molecule has 3 rings (SSSR count). The van der Waals surface area contributed by atoms with Gasteiger partial charge in [-0.15, -0.1) is 0 Å². The number of nitrogens with zero attached hydrogens (tertiary/aromatic N) is 1. The second kappa shape index (κ2) is 4.19. The first-order chi connectivity index (χ1) is 7.86. The van der Waals surface area contributed by atoms with Crippen LogP contribution in [0.1, 0.15) is 24.0 Å². The third kappa shape index (κ3) is 1.66. The van der Waals surface area contributed by atoms with Gasteiger partial charge in [0.1, 0.15) is 0 Å². The van der Waals surface area contributed by atoms with E-state index in [1.54, 1.807) is 11.1 Å². The molecule has 1 heterocycles. The number of morpholine rings is 1. The number of hydrogen-bond donors (Lipinski definition) is 0. The molecule has 1 aromatic carbocycles. The summed E-state index contributed by atoms with van der Waals surface area (Å²) in [7, 11) is 0. The van der Waals surface area contributed by atoms with Crippen LogP contribution < -0.4 is 0 Å². The van der Waals surface area contributed by atoms with Gasteiger partial charge in [-0.25, -0.2) is 0 Å². The van der Waals surface area contributed by atoms with Crippen LogP contribution in [0.25, 0.3) is 0 Å². The quantitative estimate of drug-likeness (QED) is 0.714. The van der Waals surface area contributed by atoms with Crippen molar-refractivity contribution in [2.75, 3.05) is 26.3 Å². The molecule has 1 saturated heterocycles. The predicted octanol–water partition coefficient (Wildman–Crippen LogP) is 2.05. The summed E-state index contributed by atoms with van der Waals surface area (Å²) in [4.78, 5) is 2.61. The maximum absolute atomic E-state index is 5.43. The Balaban J connectivity index is 1.80. The SMILES string of the molecule is C[C@@H]1c2ccccc2C[C@@H]1N1CCOCC1. The molecular weight excluding hydrogens is 198 g/mol. The summed E-state index contributed by atoms with van der Waals surface area (Å²) in [5, 5.41) is 0. The van der Waals surface area contributed by atoms with Crippen molar-refractivity contribution in [3.63, 3.8) is 0 Å². The van der Waals surface area contributed by atoms with Gasteiger partial charge < -0.3 is 4.74 Å². The predicted molar refractivity (Wildman–Crippen MR) is 64.7 cm³/mol. The topological polar surface area (TPSA) is 12.5 Å². The van der Waals surface area contributed by atoms with Crippen LogP contribution in [0.3, 0.4) is 0 Å². The Kier molecular flexibility index (Phi) is 2.70. The minimum atomic E-state index is 0.675. The summed E-state index contributed by atoms with van der Waals surface area (Å²) in [5.41, 5.74) is 3.10. The Hall–Kier alpha value is -0.860. The third-order valence-corrected chi connectivity index (χ3v) is 4.07. The molecule has 2 heteroatoms. The van der Waals surface area contributed by atoms with E-state index in [9.17, 15) is 0 Å². The average molecular weight is 217 g/mol. The summed E-state index contributed by atoms with van der Waals surface area (Å²) in [6.45, 7) is 6.37. The zero-order chi connectivity index (χ0) is 11.0. The van der Waals surface area contributed by atoms with E-state index in [4.69, 9.17) is 4.74 Å². The second-order valence-corrected chi connectivity index (χ2v) is 4.91. The molecule has 1 aliphatic carbocycles. The molecule has 2 aliphatic rings. The molecule has 1 aliphatic heterocycles. The zero-order valence-corrected chi connectivity index (χ0v) is 9.86. The number of ether oxygens (including phenoxy) is 1. The van der Waals surface area contributed by atoms with Gasteiger partial charge in [-0.1, -0.05) is 31.2 Å². The number of fused-ring (bicyclic) bond motifs is 1. The summed E-state index contributed by atoms with van der Waals surface area (Å²) >= 11 is 0. The maximum atomic E-state index is 5.43. The molecule has 86 valence electrons. The molecule has 0 N–H and O–H groups in total. The van der Waals surface area contributed by atoms with Crippen LogP contribution in [-0.4, -0.2) is 37.2 Å². The summed E-state index contributed by atoms with van der Waals surface area (Å²) in [6.07, 6.45) is 1.22. The Labute approximate surface area is 97.2 Å². The van der Waals surface area contributed by atoms with E-state index in [0.29, 0.717) is 12.0 Å². The van der Waals surface area contributed by atoms with Gasteiger partial charge >= 0.3 is 0 Å². The van der Waals surface area contributed by atoms with Crippen molar-refractivity contribution in [2.45, 2.75) is 25.3 Å². The van der Waals surface area contributed by atoms with Crippen molar-refractivity contribution >= 4 is 0 Å². The fourth-order valence-electron chi connectivity index (χ4n) is 3.13. The van der Waals surface area contributed by atoms with Gasteiger partial charge in [0.25, 0.3) is 0 Å². The van der Waals surface area contributed by atoms with Gasteiger partial charge in [0.2, 0.25) is 0 Å². The Morgan fingerprint density at radius 2 is 1.94 bits per heavy atom. The van der Waals surface area contributed by atoms with E-state index < -0.39 is 0 Å². The van der Waals surface area contributed by atoms with Crippen molar-refractivity contribution in [1.29, 1.82) is 0 Å². The van der Waals surface area contributed by atoms with Gasteiger partial charge in [-0.2, -0.15) is 0 Å². The lowest BCUT2D eigenvalue weighted by Crippen LogP contribution is -2.44. The van der Waals surface area contributed by atoms with Crippen LogP contribution in [0.15, 0.2) is 24.3 Å². The monoisotopic (exact) mass is 217 g/mol. The van der Waals surface area contributed by atoms with Crippen LogP contribution in [0.2, 0.25) is 0 Å². The molecule has 16 heavy (non-hydrogen) atoms. The fourth-order valence-corrected chi connectivity index (χ4v) is 3.13. The third-order valence-electron chi connectivity index (χ3n) is 4.07. The first-order valence-electron chi connectivity index (χ1n) is 6.26. The average Bonchev–Trinajstić information content (AvgIpc) is 2.69. The molecular formula is C14H19NO. The molecule has 0 saturated carbocycles. The van der Waals surface area contributed by atoms with Crippen LogP contribution in [-0.2, 0) is 11.2 Å². The van der Waals surface area contributed by atoms with Crippen LogP contribution in [0.5, 0.6) is 0 Å². The Morgan fingerprint density at radius 3 is 2.69 bits per heavy atom. The lowest BCUT2D eigenvalue weighted by molar-refractivity contribution is 0.0143. The van der Waals surface area contributed by atoms with Crippen molar-refractivity contribution in [3.05, 3.63) is 35.4 Å². The molecule has 0 radical (unpaired) electrons. The number of benzene rings is 1. The van der Waals surface area contributed by atoms with Crippen molar-refractivity contribution in [3.8, 4) is 0 Å². The van der Waals surface area contributed by atoms with Crippen molar-refractivity contribution in [2.24, 2.45) is 0 Å². The minimum Gasteiger partial charge on any atom is -0.379 e. The highest BCUT2D eigenvalue weighted by molar-refractivity contribution is 5.37. The smallest absolute Gasteiger partial charge is 0.0594 e. The molecule has 2 atom stereocenters.